The van der Waals surface area contributed by atoms with Gasteiger partial charge in [0, 0.05) is 13.5 Å². The molecule has 1 aromatic carbocycles. The molecule has 0 spiro atoms. The highest BCUT2D eigenvalue weighted by atomic mass is 16.5. The van der Waals surface area contributed by atoms with E-state index in [4.69, 9.17) is 13.9 Å². The van der Waals surface area contributed by atoms with E-state index in [2.05, 4.69) is 10.3 Å². The number of aromatic nitrogens is 1. The minimum absolute atomic E-state index is 0.251. The monoisotopic (exact) mass is 304 g/mol. The van der Waals surface area contributed by atoms with Gasteiger partial charge in [0.2, 0.25) is 5.76 Å². The molecule has 22 heavy (non-hydrogen) atoms. The van der Waals surface area contributed by atoms with Crippen molar-refractivity contribution in [2.45, 2.75) is 20.3 Å². The van der Waals surface area contributed by atoms with E-state index < -0.39 is 0 Å². The summed E-state index contributed by atoms with van der Waals surface area (Å²) in [6.45, 7) is 3.96. The molecule has 6 nitrogen and oxygen atoms in total. The minimum atomic E-state index is -0.251. The fourth-order valence-corrected chi connectivity index (χ4v) is 2.18. The maximum atomic E-state index is 12.0. The first kappa shape index (κ1) is 15.9. The average Bonchev–Trinajstić information content (AvgIpc) is 2.85. The molecule has 0 aliphatic carbocycles. The van der Waals surface area contributed by atoms with E-state index in [-0.39, 0.29) is 11.7 Å². The van der Waals surface area contributed by atoms with Crippen LogP contribution in [0.4, 0.5) is 0 Å². The normalized spacial score (nSPS) is 10.4. The van der Waals surface area contributed by atoms with E-state index in [1.807, 2.05) is 18.2 Å². The van der Waals surface area contributed by atoms with E-state index in [9.17, 15) is 4.79 Å². The summed E-state index contributed by atoms with van der Waals surface area (Å²) in [7, 11) is 3.19. The lowest BCUT2D eigenvalue weighted by Gasteiger charge is -2.09. The van der Waals surface area contributed by atoms with Crippen LogP contribution in [0, 0.1) is 13.8 Å². The summed E-state index contributed by atoms with van der Waals surface area (Å²) in [6, 6.07) is 5.69. The number of methoxy groups -OCH3 is 2. The van der Waals surface area contributed by atoms with Crippen molar-refractivity contribution in [3.63, 3.8) is 0 Å². The molecule has 0 fully saturated rings. The summed E-state index contributed by atoms with van der Waals surface area (Å²) in [5, 5.41) is 2.82. The van der Waals surface area contributed by atoms with Crippen molar-refractivity contribution in [3.05, 3.63) is 41.1 Å². The van der Waals surface area contributed by atoms with Gasteiger partial charge in [-0.05, 0) is 31.0 Å². The lowest BCUT2D eigenvalue weighted by Crippen LogP contribution is -2.25. The Morgan fingerprint density at radius 2 is 1.95 bits per heavy atom. The number of carbonyl (C=O) groups is 1. The first-order valence-electron chi connectivity index (χ1n) is 6.98. The Bertz CT molecular complexity index is 664. The van der Waals surface area contributed by atoms with Crippen LogP contribution in [-0.2, 0) is 6.42 Å². The van der Waals surface area contributed by atoms with Gasteiger partial charge in [0.1, 0.15) is 0 Å². The van der Waals surface area contributed by atoms with Crippen LogP contribution >= 0.6 is 0 Å². The van der Waals surface area contributed by atoms with Gasteiger partial charge in [-0.25, -0.2) is 4.98 Å². The van der Waals surface area contributed by atoms with Crippen LogP contribution in [0.25, 0.3) is 0 Å². The molecule has 2 aromatic rings. The Balaban J connectivity index is 1.93. The number of nitrogens with zero attached hydrogens (tertiary/aromatic N) is 1. The quantitative estimate of drug-likeness (QED) is 0.886. The Morgan fingerprint density at radius 3 is 2.55 bits per heavy atom. The lowest BCUT2D eigenvalue weighted by molar-refractivity contribution is 0.0924. The van der Waals surface area contributed by atoms with Gasteiger partial charge in [-0.1, -0.05) is 6.07 Å². The summed E-state index contributed by atoms with van der Waals surface area (Å²) in [5.41, 5.74) is 1.64. The fraction of sp³-hybridized carbons (Fsp3) is 0.375. The average molecular weight is 304 g/mol. The second-order valence-corrected chi connectivity index (χ2v) is 4.84. The summed E-state index contributed by atoms with van der Waals surface area (Å²) in [6.07, 6.45) is 0.679. The van der Waals surface area contributed by atoms with Gasteiger partial charge < -0.3 is 19.2 Å². The van der Waals surface area contributed by atoms with Crippen LogP contribution < -0.4 is 14.8 Å². The van der Waals surface area contributed by atoms with E-state index in [0.29, 0.717) is 36.0 Å². The highest BCUT2D eigenvalue weighted by molar-refractivity contribution is 5.92. The number of nitrogens with one attached hydrogen (secondary N) is 1. The molecule has 0 bridgehead atoms. The Morgan fingerprint density at radius 1 is 1.23 bits per heavy atom. The predicted molar refractivity (Wildman–Crippen MR) is 81.6 cm³/mol. The molecule has 1 N–H and O–H groups in total. The summed E-state index contributed by atoms with van der Waals surface area (Å²) in [5.74, 6) is 1.86. The molecule has 2 rings (SSSR count). The zero-order chi connectivity index (χ0) is 16.1. The van der Waals surface area contributed by atoms with Gasteiger partial charge in [0.05, 0.1) is 19.9 Å². The molecular formula is C16H20N2O4. The number of oxazole rings is 1. The van der Waals surface area contributed by atoms with E-state index in [1.54, 1.807) is 28.1 Å². The van der Waals surface area contributed by atoms with Crippen LogP contribution in [0.3, 0.4) is 0 Å². The van der Waals surface area contributed by atoms with E-state index in [1.165, 1.54) is 0 Å². The van der Waals surface area contributed by atoms with Crippen molar-refractivity contribution in [2.75, 3.05) is 20.8 Å². The number of ether oxygens (including phenoxy) is 2. The third-order valence-corrected chi connectivity index (χ3v) is 3.26. The van der Waals surface area contributed by atoms with Crippen LogP contribution in [0.5, 0.6) is 11.5 Å². The molecule has 0 saturated carbocycles. The van der Waals surface area contributed by atoms with Crippen molar-refractivity contribution in [3.8, 4) is 11.5 Å². The van der Waals surface area contributed by atoms with Crippen molar-refractivity contribution >= 4 is 5.91 Å². The topological polar surface area (TPSA) is 73.6 Å². The van der Waals surface area contributed by atoms with Crippen LogP contribution in [0.2, 0.25) is 0 Å². The first-order valence-corrected chi connectivity index (χ1v) is 6.98. The largest absolute Gasteiger partial charge is 0.493 e. The summed E-state index contributed by atoms with van der Waals surface area (Å²) >= 11 is 0. The Kier molecular flexibility index (Phi) is 5.04. The molecular weight excluding hydrogens is 284 g/mol. The minimum Gasteiger partial charge on any atom is -0.493 e. The van der Waals surface area contributed by atoms with E-state index in [0.717, 1.165) is 5.56 Å². The standard InChI is InChI=1S/C16H20N2O4/c1-10-15(22-11(2)18-10)16(19)17-8-7-12-5-6-13(20-3)14(9-12)21-4/h5-6,9H,7-8H2,1-4H3,(H,17,19). The molecule has 1 heterocycles. The van der Waals surface area contributed by atoms with Crippen molar-refractivity contribution < 1.29 is 18.7 Å². The van der Waals surface area contributed by atoms with Crippen molar-refractivity contribution in [1.82, 2.24) is 10.3 Å². The van der Waals surface area contributed by atoms with Crippen molar-refractivity contribution in [2.24, 2.45) is 0 Å². The number of amides is 1. The molecule has 118 valence electrons. The Hall–Kier alpha value is -2.50. The number of rotatable bonds is 6. The van der Waals surface area contributed by atoms with Gasteiger partial charge in [-0.2, -0.15) is 0 Å². The van der Waals surface area contributed by atoms with Crippen LogP contribution in [0.15, 0.2) is 22.6 Å². The fourth-order valence-electron chi connectivity index (χ4n) is 2.18. The molecule has 0 atom stereocenters. The highest BCUT2D eigenvalue weighted by Crippen LogP contribution is 2.27. The molecule has 0 saturated heterocycles. The SMILES string of the molecule is COc1ccc(CCNC(=O)c2oc(C)nc2C)cc1OC. The Labute approximate surface area is 129 Å². The van der Waals surface area contributed by atoms with Gasteiger partial charge in [-0.3, -0.25) is 4.79 Å². The number of hydrogen-bond donors (Lipinski definition) is 1. The van der Waals surface area contributed by atoms with Crippen LogP contribution in [-0.4, -0.2) is 31.7 Å². The third-order valence-electron chi connectivity index (χ3n) is 3.26. The molecule has 0 radical (unpaired) electrons. The lowest BCUT2D eigenvalue weighted by atomic mass is 10.1. The summed E-state index contributed by atoms with van der Waals surface area (Å²) < 4.78 is 15.7. The second-order valence-electron chi connectivity index (χ2n) is 4.84. The van der Waals surface area contributed by atoms with Gasteiger partial charge in [0.25, 0.3) is 5.91 Å². The van der Waals surface area contributed by atoms with E-state index >= 15 is 0 Å². The molecule has 1 aromatic heterocycles. The second kappa shape index (κ2) is 6.98. The number of benzene rings is 1. The zero-order valence-electron chi connectivity index (χ0n) is 13.2. The van der Waals surface area contributed by atoms with Crippen LogP contribution in [0.1, 0.15) is 27.7 Å². The van der Waals surface area contributed by atoms with Gasteiger partial charge >= 0.3 is 0 Å². The van der Waals surface area contributed by atoms with Gasteiger partial charge in [0.15, 0.2) is 17.4 Å². The highest BCUT2D eigenvalue weighted by Gasteiger charge is 2.15. The number of aryl methyl sites for hydroxylation is 2. The predicted octanol–water partition coefficient (Wildman–Crippen LogP) is 2.28. The first-order chi connectivity index (χ1) is 10.5. The number of hydrogen-bond acceptors (Lipinski definition) is 5. The third kappa shape index (κ3) is 3.58. The maximum Gasteiger partial charge on any atom is 0.289 e. The summed E-state index contributed by atoms with van der Waals surface area (Å²) in [4.78, 5) is 16.1. The molecule has 1 amide bonds. The maximum absolute atomic E-state index is 12.0. The molecule has 0 aliphatic rings. The smallest absolute Gasteiger partial charge is 0.289 e. The number of carbonyl (C=O) groups excluding carboxylic acids is 1. The molecule has 0 unspecified atom stereocenters. The molecule has 0 aliphatic heterocycles. The zero-order valence-corrected chi connectivity index (χ0v) is 13.2. The van der Waals surface area contributed by atoms with Gasteiger partial charge in [-0.15, -0.1) is 0 Å². The van der Waals surface area contributed by atoms with Crippen molar-refractivity contribution in [1.29, 1.82) is 0 Å². The molecule has 6 heteroatoms.